The van der Waals surface area contributed by atoms with Crippen molar-refractivity contribution in [2.75, 3.05) is 0 Å². The zero-order valence-corrected chi connectivity index (χ0v) is 11.0. The number of aliphatic hydroxyl groups is 1. The summed E-state index contributed by atoms with van der Waals surface area (Å²) in [5, 5.41) is 9.97. The van der Waals surface area contributed by atoms with Gasteiger partial charge in [-0.15, -0.1) is 0 Å². The lowest BCUT2D eigenvalue weighted by Gasteiger charge is -2.35. The van der Waals surface area contributed by atoms with Crippen molar-refractivity contribution in [3.63, 3.8) is 0 Å². The van der Waals surface area contributed by atoms with E-state index in [9.17, 15) is 9.50 Å². The molecule has 0 aromatic heterocycles. The number of hydrogen-bond acceptors (Lipinski definition) is 2. The van der Waals surface area contributed by atoms with Crippen LogP contribution in [-0.4, -0.2) is 17.3 Å². The number of halogens is 1. The molecule has 2 nitrogen and oxygen atoms in total. The molecule has 2 rings (SSSR count). The smallest absolute Gasteiger partial charge is 0.165 e. The summed E-state index contributed by atoms with van der Waals surface area (Å²) >= 11 is 0. The molecule has 0 bridgehead atoms. The van der Waals surface area contributed by atoms with Gasteiger partial charge < -0.3 is 9.84 Å². The summed E-state index contributed by atoms with van der Waals surface area (Å²) in [6, 6.07) is 6.37. The topological polar surface area (TPSA) is 29.5 Å². The van der Waals surface area contributed by atoms with Gasteiger partial charge in [-0.05, 0) is 43.2 Å². The summed E-state index contributed by atoms with van der Waals surface area (Å²) in [6.45, 7) is 4.37. The number of ether oxygens (including phenoxy) is 1. The predicted molar refractivity (Wildman–Crippen MR) is 69.0 cm³/mol. The van der Waals surface area contributed by atoms with Crippen molar-refractivity contribution in [1.82, 2.24) is 0 Å². The Morgan fingerprint density at radius 2 is 2.00 bits per heavy atom. The van der Waals surface area contributed by atoms with Crippen molar-refractivity contribution >= 4 is 0 Å². The third kappa shape index (κ3) is 3.02. The predicted octanol–water partition coefficient (Wildman–Crippen LogP) is 3.39. The molecule has 18 heavy (non-hydrogen) atoms. The molecule has 0 radical (unpaired) electrons. The van der Waals surface area contributed by atoms with E-state index in [2.05, 4.69) is 13.8 Å². The minimum Gasteiger partial charge on any atom is -0.485 e. The van der Waals surface area contributed by atoms with E-state index in [-0.39, 0.29) is 17.7 Å². The van der Waals surface area contributed by atoms with Crippen LogP contribution in [0.15, 0.2) is 24.3 Å². The number of para-hydroxylation sites is 1. The largest absolute Gasteiger partial charge is 0.485 e. The van der Waals surface area contributed by atoms with E-state index in [4.69, 9.17) is 4.74 Å². The first-order valence-corrected chi connectivity index (χ1v) is 6.67. The van der Waals surface area contributed by atoms with Gasteiger partial charge >= 0.3 is 0 Å². The number of benzene rings is 1. The van der Waals surface area contributed by atoms with E-state index in [1.807, 2.05) is 0 Å². The average molecular weight is 252 g/mol. The van der Waals surface area contributed by atoms with E-state index < -0.39 is 6.10 Å². The highest BCUT2D eigenvalue weighted by atomic mass is 19.1. The maximum absolute atomic E-state index is 13.5. The SMILES string of the molecule is CC(C)C1CCC(O)C(Oc2ccccc2F)C1. The Morgan fingerprint density at radius 1 is 1.28 bits per heavy atom. The van der Waals surface area contributed by atoms with E-state index in [0.29, 0.717) is 11.8 Å². The number of hydrogen-bond donors (Lipinski definition) is 1. The third-order valence-electron chi connectivity index (χ3n) is 3.86. The molecule has 0 spiro atoms. The van der Waals surface area contributed by atoms with Crippen molar-refractivity contribution in [3.8, 4) is 5.75 Å². The standard InChI is InChI=1S/C15H21FO2/c1-10(2)11-7-8-13(17)15(9-11)18-14-6-4-3-5-12(14)16/h3-6,10-11,13,15,17H,7-9H2,1-2H3. The average Bonchev–Trinajstić information content (AvgIpc) is 2.34. The second-order valence-electron chi connectivity index (χ2n) is 5.47. The number of rotatable bonds is 3. The monoisotopic (exact) mass is 252 g/mol. The molecule has 1 saturated carbocycles. The lowest BCUT2D eigenvalue weighted by atomic mass is 9.79. The quantitative estimate of drug-likeness (QED) is 0.893. The summed E-state index contributed by atoms with van der Waals surface area (Å²) in [4.78, 5) is 0. The summed E-state index contributed by atoms with van der Waals surface area (Å²) in [5.74, 6) is 0.997. The van der Waals surface area contributed by atoms with E-state index in [1.54, 1.807) is 18.2 Å². The Morgan fingerprint density at radius 3 is 2.67 bits per heavy atom. The fourth-order valence-corrected chi connectivity index (χ4v) is 2.58. The van der Waals surface area contributed by atoms with E-state index >= 15 is 0 Å². The van der Waals surface area contributed by atoms with Crippen molar-refractivity contribution < 1.29 is 14.2 Å². The second kappa shape index (κ2) is 5.70. The molecule has 3 unspecified atom stereocenters. The molecule has 3 heteroatoms. The highest BCUT2D eigenvalue weighted by Gasteiger charge is 2.32. The molecule has 1 N–H and O–H groups in total. The Hall–Kier alpha value is -1.09. The van der Waals surface area contributed by atoms with Gasteiger partial charge in [0.15, 0.2) is 11.6 Å². The molecule has 100 valence electrons. The zero-order valence-electron chi connectivity index (χ0n) is 11.0. The molecular weight excluding hydrogens is 231 g/mol. The van der Waals surface area contributed by atoms with Crippen LogP contribution in [0.2, 0.25) is 0 Å². The maximum Gasteiger partial charge on any atom is 0.165 e. The molecule has 1 aliphatic carbocycles. The lowest BCUT2D eigenvalue weighted by Crippen LogP contribution is -2.39. The Bertz CT molecular complexity index is 392. The van der Waals surface area contributed by atoms with Gasteiger partial charge in [-0.3, -0.25) is 0 Å². The summed E-state index contributed by atoms with van der Waals surface area (Å²) in [6.07, 6.45) is 1.79. The van der Waals surface area contributed by atoms with Crippen LogP contribution in [0.4, 0.5) is 4.39 Å². The van der Waals surface area contributed by atoms with Crippen LogP contribution < -0.4 is 4.74 Å². The van der Waals surface area contributed by atoms with Gasteiger partial charge in [0.1, 0.15) is 6.10 Å². The van der Waals surface area contributed by atoms with Gasteiger partial charge in [0.25, 0.3) is 0 Å². The third-order valence-corrected chi connectivity index (χ3v) is 3.86. The number of aliphatic hydroxyl groups excluding tert-OH is 1. The van der Waals surface area contributed by atoms with Crippen molar-refractivity contribution in [2.24, 2.45) is 11.8 Å². The van der Waals surface area contributed by atoms with Gasteiger partial charge in [0, 0.05) is 0 Å². The summed E-state index contributed by atoms with van der Waals surface area (Å²) in [5.41, 5.74) is 0. The first-order chi connectivity index (χ1) is 8.58. The summed E-state index contributed by atoms with van der Waals surface area (Å²) in [7, 11) is 0. The van der Waals surface area contributed by atoms with E-state index in [0.717, 1.165) is 19.3 Å². The highest BCUT2D eigenvalue weighted by Crippen LogP contribution is 2.33. The fourth-order valence-electron chi connectivity index (χ4n) is 2.58. The molecule has 0 aliphatic heterocycles. The zero-order chi connectivity index (χ0) is 13.1. The molecular formula is C15H21FO2. The Balaban J connectivity index is 2.05. The van der Waals surface area contributed by atoms with Crippen LogP contribution in [0.1, 0.15) is 33.1 Å². The first-order valence-electron chi connectivity index (χ1n) is 6.67. The van der Waals surface area contributed by atoms with Crippen LogP contribution in [0.5, 0.6) is 5.75 Å². The van der Waals surface area contributed by atoms with E-state index in [1.165, 1.54) is 6.07 Å². The molecule has 0 amide bonds. The molecule has 1 aliphatic rings. The van der Waals surface area contributed by atoms with Crippen LogP contribution in [0, 0.1) is 17.7 Å². The first kappa shape index (κ1) is 13.3. The van der Waals surface area contributed by atoms with Crippen molar-refractivity contribution in [1.29, 1.82) is 0 Å². The van der Waals surface area contributed by atoms with Crippen molar-refractivity contribution in [3.05, 3.63) is 30.1 Å². The molecule has 1 aromatic carbocycles. The van der Waals surface area contributed by atoms with Crippen LogP contribution >= 0.6 is 0 Å². The maximum atomic E-state index is 13.5. The molecule has 3 atom stereocenters. The van der Waals surface area contributed by atoms with Gasteiger partial charge in [0.2, 0.25) is 0 Å². The fraction of sp³-hybridized carbons (Fsp3) is 0.600. The van der Waals surface area contributed by atoms with Gasteiger partial charge in [-0.1, -0.05) is 26.0 Å². The molecule has 0 heterocycles. The van der Waals surface area contributed by atoms with Gasteiger partial charge in [0.05, 0.1) is 6.10 Å². The van der Waals surface area contributed by atoms with Crippen LogP contribution in [-0.2, 0) is 0 Å². The molecule has 1 aromatic rings. The second-order valence-corrected chi connectivity index (χ2v) is 5.47. The van der Waals surface area contributed by atoms with Crippen LogP contribution in [0.3, 0.4) is 0 Å². The molecule has 1 fully saturated rings. The lowest BCUT2D eigenvalue weighted by molar-refractivity contribution is -0.0192. The van der Waals surface area contributed by atoms with Crippen molar-refractivity contribution in [2.45, 2.75) is 45.3 Å². The van der Waals surface area contributed by atoms with Gasteiger partial charge in [-0.25, -0.2) is 4.39 Å². The normalized spacial score (nSPS) is 28.4. The minimum absolute atomic E-state index is 0.242. The highest BCUT2D eigenvalue weighted by molar-refractivity contribution is 5.24. The van der Waals surface area contributed by atoms with Crippen LogP contribution in [0.25, 0.3) is 0 Å². The molecule has 0 saturated heterocycles. The Kier molecular flexibility index (Phi) is 4.23. The summed E-state index contributed by atoms with van der Waals surface area (Å²) < 4.78 is 19.2. The Labute approximate surface area is 108 Å². The minimum atomic E-state index is -0.486. The van der Waals surface area contributed by atoms with Gasteiger partial charge in [-0.2, -0.15) is 0 Å².